The Hall–Kier alpha value is -1.02. The molecule has 2 nitrogen and oxygen atoms in total. The van der Waals surface area contributed by atoms with E-state index in [1.165, 1.54) is 0 Å². The van der Waals surface area contributed by atoms with Crippen LogP contribution in [0.4, 0.5) is 0 Å². The van der Waals surface area contributed by atoms with Crippen LogP contribution in [0.25, 0.3) is 0 Å². The Morgan fingerprint density at radius 3 is 2.33 bits per heavy atom. The minimum absolute atomic E-state index is 0.219. The molecule has 2 N–H and O–H groups in total. The lowest BCUT2D eigenvalue weighted by atomic mass is 9.96. The van der Waals surface area contributed by atoms with E-state index in [-0.39, 0.29) is 6.10 Å². The van der Waals surface area contributed by atoms with Crippen LogP contribution in [0, 0.1) is 5.92 Å². The van der Waals surface area contributed by atoms with Crippen molar-refractivity contribution in [1.82, 2.24) is 0 Å². The maximum atomic E-state index is 9.78. The predicted octanol–water partition coefficient (Wildman–Crippen LogP) is 2.73. The van der Waals surface area contributed by atoms with Gasteiger partial charge in [0.1, 0.15) is 5.75 Å². The summed E-state index contributed by atoms with van der Waals surface area (Å²) < 4.78 is 0. The molecule has 2 heteroatoms. The molecule has 0 saturated heterocycles. The number of phenols is 1. The third-order valence-electron chi connectivity index (χ3n) is 2.97. The van der Waals surface area contributed by atoms with Gasteiger partial charge in [0.25, 0.3) is 0 Å². The van der Waals surface area contributed by atoms with Crippen molar-refractivity contribution in [3.63, 3.8) is 0 Å². The van der Waals surface area contributed by atoms with Gasteiger partial charge in [-0.15, -0.1) is 0 Å². The van der Waals surface area contributed by atoms with Crippen LogP contribution in [0.5, 0.6) is 5.75 Å². The lowest BCUT2D eigenvalue weighted by molar-refractivity contribution is 0.106. The van der Waals surface area contributed by atoms with E-state index in [0.29, 0.717) is 11.7 Å². The lowest BCUT2D eigenvalue weighted by Crippen LogP contribution is -2.17. The first-order valence-corrected chi connectivity index (χ1v) is 5.59. The molecule has 0 bridgehead atoms. The van der Waals surface area contributed by atoms with E-state index in [1.54, 1.807) is 12.1 Å². The van der Waals surface area contributed by atoms with E-state index in [0.717, 1.165) is 24.8 Å². The molecule has 1 aromatic carbocycles. The van der Waals surface area contributed by atoms with E-state index in [2.05, 4.69) is 13.8 Å². The summed E-state index contributed by atoms with van der Waals surface area (Å²) in [5.41, 5.74) is 1.16. The highest BCUT2D eigenvalue weighted by Gasteiger charge is 2.11. The predicted molar refractivity (Wildman–Crippen MR) is 61.9 cm³/mol. The Morgan fingerprint density at radius 1 is 1.20 bits per heavy atom. The van der Waals surface area contributed by atoms with Gasteiger partial charge in [-0.2, -0.15) is 0 Å². The van der Waals surface area contributed by atoms with E-state index in [4.69, 9.17) is 5.11 Å². The van der Waals surface area contributed by atoms with Gasteiger partial charge in [-0.25, -0.2) is 0 Å². The van der Waals surface area contributed by atoms with Crippen LogP contribution in [0.2, 0.25) is 0 Å². The Morgan fingerprint density at radius 2 is 1.80 bits per heavy atom. The van der Waals surface area contributed by atoms with Gasteiger partial charge in [0.15, 0.2) is 0 Å². The molecule has 0 saturated carbocycles. The smallest absolute Gasteiger partial charge is 0.115 e. The van der Waals surface area contributed by atoms with Crippen LogP contribution in [-0.4, -0.2) is 16.3 Å². The number of hydrogen-bond acceptors (Lipinski definition) is 2. The van der Waals surface area contributed by atoms with Gasteiger partial charge in [0.2, 0.25) is 0 Å². The van der Waals surface area contributed by atoms with Crippen molar-refractivity contribution < 1.29 is 10.2 Å². The molecular formula is C13H20O2. The van der Waals surface area contributed by atoms with Gasteiger partial charge in [0.05, 0.1) is 6.10 Å². The maximum absolute atomic E-state index is 9.78. The van der Waals surface area contributed by atoms with Crippen molar-refractivity contribution in [3.05, 3.63) is 29.8 Å². The van der Waals surface area contributed by atoms with Crippen molar-refractivity contribution in [1.29, 1.82) is 0 Å². The number of phenolic OH excluding ortho intramolecular Hbond substituents is 1. The molecule has 0 fully saturated rings. The molecule has 0 heterocycles. The summed E-state index contributed by atoms with van der Waals surface area (Å²) in [5, 5.41) is 18.9. The topological polar surface area (TPSA) is 40.5 Å². The van der Waals surface area contributed by atoms with Crippen LogP contribution in [0.1, 0.15) is 32.3 Å². The van der Waals surface area contributed by atoms with Crippen molar-refractivity contribution in [3.8, 4) is 5.75 Å². The first kappa shape index (κ1) is 12.1. The minimum Gasteiger partial charge on any atom is -0.508 e. The van der Waals surface area contributed by atoms with E-state index in [1.807, 2.05) is 12.1 Å². The molecule has 0 spiro atoms. The second-order valence-electron chi connectivity index (χ2n) is 4.16. The van der Waals surface area contributed by atoms with Crippen LogP contribution in [0.15, 0.2) is 24.3 Å². The zero-order chi connectivity index (χ0) is 11.3. The highest BCUT2D eigenvalue weighted by molar-refractivity contribution is 5.25. The fraction of sp³-hybridized carbons (Fsp3) is 0.538. The number of benzene rings is 1. The van der Waals surface area contributed by atoms with Crippen molar-refractivity contribution in [2.24, 2.45) is 5.92 Å². The SMILES string of the molecule is CCC(C)C(O)CCc1ccc(O)cc1. The van der Waals surface area contributed by atoms with Crippen LogP contribution in [0.3, 0.4) is 0 Å². The fourth-order valence-electron chi connectivity index (χ4n) is 1.53. The molecule has 84 valence electrons. The van der Waals surface area contributed by atoms with Crippen LogP contribution < -0.4 is 0 Å². The number of aliphatic hydroxyl groups excluding tert-OH is 1. The summed E-state index contributed by atoms with van der Waals surface area (Å²) in [5.74, 6) is 0.656. The summed E-state index contributed by atoms with van der Waals surface area (Å²) in [7, 11) is 0. The maximum Gasteiger partial charge on any atom is 0.115 e. The van der Waals surface area contributed by atoms with Crippen molar-refractivity contribution >= 4 is 0 Å². The van der Waals surface area contributed by atoms with Crippen molar-refractivity contribution in [2.75, 3.05) is 0 Å². The van der Waals surface area contributed by atoms with E-state index >= 15 is 0 Å². The molecule has 0 radical (unpaired) electrons. The van der Waals surface area contributed by atoms with Gasteiger partial charge in [0, 0.05) is 0 Å². The quantitative estimate of drug-likeness (QED) is 0.781. The highest BCUT2D eigenvalue weighted by atomic mass is 16.3. The number of aromatic hydroxyl groups is 1. The standard InChI is InChI=1S/C13H20O2/c1-3-10(2)13(15)9-6-11-4-7-12(14)8-5-11/h4-5,7-8,10,13-15H,3,6,9H2,1-2H3. The average molecular weight is 208 g/mol. The molecule has 0 aliphatic rings. The Bertz CT molecular complexity index is 279. The largest absolute Gasteiger partial charge is 0.508 e. The number of rotatable bonds is 5. The van der Waals surface area contributed by atoms with Gasteiger partial charge < -0.3 is 10.2 Å². The molecule has 0 amide bonds. The van der Waals surface area contributed by atoms with E-state index in [9.17, 15) is 5.11 Å². The summed E-state index contributed by atoms with van der Waals surface area (Å²) in [4.78, 5) is 0. The number of aliphatic hydroxyl groups is 1. The lowest BCUT2D eigenvalue weighted by Gasteiger charge is -2.16. The number of hydrogen-bond donors (Lipinski definition) is 2. The fourth-order valence-corrected chi connectivity index (χ4v) is 1.53. The zero-order valence-electron chi connectivity index (χ0n) is 9.48. The molecule has 2 unspecified atom stereocenters. The average Bonchev–Trinajstić information content (AvgIpc) is 2.26. The van der Waals surface area contributed by atoms with Crippen LogP contribution >= 0.6 is 0 Å². The Labute approximate surface area is 91.6 Å². The summed E-state index contributed by atoms with van der Waals surface area (Å²) in [6.45, 7) is 4.16. The molecule has 2 atom stereocenters. The first-order valence-electron chi connectivity index (χ1n) is 5.59. The van der Waals surface area contributed by atoms with E-state index < -0.39 is 0 Å². The van der Waals surface area contributed by atoms with Gasteiger partial charge in [-0.3, -0.25) is 0 Å². The third kappa shape index (κ3) is 3.92. The minimum atomic E-state index is -0.219. The van der Waals surface area contributed by atoms with Crippen molar-refractivity contribution in [2.45, 2.75) is 39.2 Å². The molecule has 0 aliphatic carbocycles. The summed E-state index contributed by atoms with van der Waals surface area (Å²) in [6, 6.07) is 7.17. The monoisotopic (exact) mass is 208 g/mol. The zero-order valence-corrected chi connectivity index (χ0v) is 9.48. The second-order valence-corrected chi connectivity index (χ2v) is 4.16. The molecular weight excluding hydrogens is 188 g/mol. The third-order valence-corrected chi connectivity index (χ3v) is 2.97. The molecule has 0 aromatic heterocycles. The highest BCUT2D eigenvalue weighted by Crippen LogP contribution is 2.15. The van der Waals surface area contributed by atoms with Crippen LogP contribution in [-0.2, 0) is 6.42 Å². The normalized spacial score (nSPS) is 14.9. The number of aryl methyl sites for hydroxylation is 1. The van der Waals surface area contributed by atoms with Gasteiger partial charge >= 0.3 is 0 Å². The molecule has 0 aliphatic heterocycles. The van der Waals surface area contributed by atoms with Gasteiger partial charge in [-0.05, 0) is 36.5 Å². The first-order chi connectivity index (χ1) is 7.13. The molecule has 1 rings (SSSR count). The summed E-state index contributed by atoms with van der Waals surface area (Å²) >= 11 is 0. The Kier molecular flexibility index (Phi) is 4.63. The molecule has 1 aromatic rings. The molecule has 15 heavy (non-hydrogen) atoms. The second kappa shape index (κ2) is 5.76. The Balaban J connectivity index is 2.40. The van der Waals surface area contributed by atoms with Gasteiger partial charge in [-0.1, -0.05) is 32.4 Å². The summed E-state index contributed by atoms with van der Waals surface area (Å²) in [6.07, 6.45) is 2.45.